The first-order valence-corrected chi connectivity index (χ1v) is 7.29. The van der Waals surface area contributed by atoms with Crippen molar-refractivity contribution >= 4 is 15.7 Å². The Labute approximate surface area is 120 Å². The predicted octanol–water partition coefficient (Wildman–Crippen LogP) is 2.30. The highest BCUT2D eigenvalue weighted by atomic mass is 32.2. The monoisotopic (exact) mass is 314 g/mol. The zero-order valence-electron chi connectivity index (χ0n) is 10.9. The summed E-state index contributed by atoms with van der Waals surface area (Å²) in [5, 5.41) is 5.07. The van der Waals surface area contributed by atoms with Crippen LogP contribution < -0.4 is 15.6 Å². The second-order valence-corrected chi connectivity index (χ2v) is 5.87. The van der Waals surface area contributed by atoms with Crippen molar-refractivity contribution in [3.8, 4) is 11.5 Å². The molecule has 0 radical (unpaired) electrons. The van der Waals surface area contributed by atoms with Gasteiger partial charge in [-0.15, -0.1) is 0 Å². The number of hydrogen-bond donors (Lipinski definition) is 2. The van der Waals surface area contributed by atoms with Crippen LogP contribution in [0.3, 0.4) is 0 Å². The summed E-state index contributed by atoms with van der Waals surface area (Å²) in [7, 11) is -4.02. The highest BCUT2D eigenvalue weighted by molar-refractivity contribution is 7.89. The maximum absolute atomic E-state index is 13.6. The van der Waals surface area contributed by atoms with Crippen molar-refractivity contribution in [1.29, 1.82) is 0 Å². The van der Waals surface area contributed by atoms with E-state index in [2.05, 4.69) is 0 Å². The smallest absolute Gasteiger partial charge is 0.238 e. The number of hydrogen-bond acceptors (Lipinski definition) is 4. The molecule has 0 aliphatic carbocycles. The molecule has 0 aliphatic rings. The quantitative estimate of drug-likeness (QED) is 0.850. The van der Waals surface area contributed by atoms with Gasteiger partial charge in [0.05, 0.1) is 4.90 Å². The number of benzene rings is 2. The van der Waals surface area contributed by atoms with Crippen molar-refractivity contribution in [3.05, 3.63) is 47.5 Å². The lowest BCUT2D eigenvalue weighted by molar-refractivity contribution is 0.413. The van der Waals surface area contributed by atoms with Crippen LogP contribution in [0.25, 0.3) is 0 Å². The Bertz CT molecular complexity index is 807. The molecule has 0 saturated heterocycles. The second kappa shape index (κ2) is 5.30. The minimum absolute atomic E-state index is 0.0245. The van der Waals surface area contributed by atoms with E-state index in [1.807, 2.05) is 0 Å². The molecule has 0 heterocycles. The number of halogens is 2. The summed E-state index contributed by atoms with van der Waals surface area (Å²) >= 11 is 0. The van der Waals surface area contributed by atoms with Gasteiger partial charge in [0.25, 0.3) is 0 Å². The Morgan fingerprint density at radius 1 is 1.14 bits per heavy atom. The third-order valence-electron chi connectivity index (χ3n) is 2.78. The van der Waals surface area contributed by atoms with Gasteiger partial charge in [-0.05, 0) is 25.1 Å². The highest BCUT2D eigenvalue weighted by Crippen LogP contribution is 2.33. The largest absolute Gasteiger partial charge is 0.454 e. The first-order chi connectivity index (χ1) is 9.70. The minimum Gasteiger partial charge on any atom is -0.454 e. The Balaban J connectivity index is 2.55. The predicted molar refractivity (Wildman–Crippen MR) is 73.4 cm³/mol. The highest BCUT2D eigenvalue weighted by Gasteiger charge is 2.18. The lowest BCUT2D eigenvalue weighted by atomic mass is 10.2. The standard InChI is InChI=1S/C13H12F2N2O3S/c1-7-11(5-8(16)6-12(7)21(17,18)19)20-10-4-2-3-9(14)13(10)15/h2-6H,16H2,1H3,(H2,17,18,19). The maximum atomic E-state index is 13.6. The lowest BCUT2D eigenvalue weighted by Gasteiger charge is -2.13. The molecular formula is C13H12F2N2O3S. The molecule has 5 nitrogen and oxygen atoms in total. The van der Waals surface area contributed by atoms with Crippen LogP contribution in [0.4, 0.5) is 14.5 Å². The molecule has 0 saturated carbocycles. The molecule has 2 rings (SSSR count). The van der Waals surface area contributed by atoms with Crippen LogP contribution in [0.2, 0.25) is 0 Å². The summed E-state index contributed by atoms with van der Waals surface area (Å²) in [4.78, 5) is -0.241. The summed E-state index contributed by atoms with van der Waals surface area (Å²) in [6.45, 7) is 1.42. The molecule has 0 amide bonds. The summed E-state index contributed by atoms with van der Waals surface area (Å²) in [6, 6.07) is 5.87. The number of sulfonamides is 1. The molecule has 4 N–H and O–H groups in total. The van der Waals surface area contributed by atoms with Gasteiger partial charge >= 0.3 is 0 Å². The molecule has 0 atom stereocenters. The second-order valence-electron chi connectivity index (χ2n) is 4.34. The van der Waals surface area contributed by atoms with Crippen LogP contribution in [0.1, 0.15) is 5.56 Å². The van der Waals surface area contributed by atoms with Crippen molar-refractivity contribution < 1.29 is 21.9 Å². The average Bonchev–Trinajstić information content (AvgIpc) is 2.37. The molecule has 0 fully saturated rings. The zero-order chi connectivity index (χ0) is 15.8. The van der Waals surface area contributed by atoms with Gasteiger partial charge in [0.1, 0.15) is 5.75 Å². The fraction of sp³-hybridized carbons (Fsp3) is 0.0769. The van der Waals surface area contributed by atoms with Crippen molar-refractivity contribution in [1.82, 2.24) is 0 Å². The van der Waals surface area contributed by atoms with Crippen LogP contribution in [0, 0.1) is 18.6 Å². The topological polar surface area (TPSA) is 95.4 Å². The summed E-state index contributed by atoms with van der Waals surface area (Å²) in [6.07, 6.45) is 0. The average molecular weight is 314 g/mol. The van der Waals surface area contributed by atoms with Crippen molar-refractivity contribution in [2.24, 2.45) is 5.14 Å². The van der Waals surface area contributed by atoms with E-state index in [-0.39, 0.29) is 27.6 Å². The van der Waals surface area contributed by atoms with Crippen LogP contribution in [0.15, 0.2) is 35.2 Å². The molecule has 112 valence electrons. The van der Waals surface area contributed by atoms with Crippen molar-refractivity contribution in [3.63, 3.8) is 0 Å². The summed E-state index contributed by atoms with van der Waals surface area (Å²) in [5.41, 5.74) is 5.79. The van der Waals surface area contributed by atoms with Gasteiger partial charge < -0.3 is 10.5 Å². The molecule has 2 aromatic rings. The third-order valence-corrected chi connectivity index (χ3v) is 3.81. The number of primary sulfonamides is 1. The number of ether oxygens (including phenoxy) is 1. The number of nitrogens with two attached hydrogens (primary N) is 2. The molecule has 21 heavy (non-hydrogen) atoms. The van der Waals surface area contributed by atoms with Crippen LogP contribution in [0.5, 0.6) is 11.5 Å². The lowest BCUT2D eigenvalue weighted by Crippen LogP contribution is -2.14. The van der Waals surface area contributed by atoms with E-state index >= 15 is 0 Å². The summed E-state index contributed by atoms with van der Waals surface area (Å²) in [5.74, 6) is -2.68. The number of rotatable bonds is 3. The van der Waals surface area contributed by atoms with Crippen LogP contribution in [-0.2, 0) is 10.0 Å². The fourth-order valence-corrected chi connectivity index (χ4v) is 2.59. The van der Waals surface area contributed by atoms with Crippen molar-refractivity contribution in [2.45, 2.75) is 11.8 Å². The molecule has 0 aliphatic heterocycles. The van der Waals surface area contributed by atoms with E-state index in [1.54, 1.807) is 0 Å². The van der Waals surface area contributed by atoms with E-state index in [0.29, 0.717) is 0 Å². The van der Waals surface area contributed by atoms with Crippen LogP contribution in [-0.4, -0.2) is 8.42 Å². The Morgan fingerprint density at radius 3 is 2.43 bits per heavy atom. The van der Waals surface area contributed by atoms with E-state index in [4.69, 9.17) is 15.6 Å². The van der Waals surface area contributed by atoms with Gasteiger partial charge in [-0.3, -0.25) is 0 Å². The molecule has 8 heteroatoms. The van der Waals surface area contributed by atoms with Crippen LogP contribution >= 0.6 is 0 Å². The fourth-order valence-electron chi connectivity index (χ4n) is 1.77. The Hall–Kier alpha value is -2.19. The van der Waals surface area contributed by atoms with Gasteiger partial charge in [-0.1, -0.05) is 6.07 Å². The van der Waals surface area contributed by atoms with Gasteiger partial charge in [0.2, 0.25) is 15.8 Å². The molecule has 0 unspecified atom stereocenters. The zero-order valence-corrected chi connectivity index (χ0v) is 11.7. The van der Waals surface area contributed by atoms with Gasteiger partial charge in [-0.2, -0.15) is 4.39 Å². The van der Waals surface area contributed by atoms with Crippen molar-refractivity contribution in [2.75, 3.05) is 5.73 Å². The van der Waals surface area contributed by atoms with Gasteiger partial charge in [-0.25, -0.2) is 17.9 Å². The molecule has 0 aromatic heterocycles. The minimum atomic E-state index is -4.02. The Kier molecular flexibility index (Phi) is 3.84. The molecular weight excluding hydrogens is 302 g/mol. The molecule has 2 aromatic carbocycles. The first-order valence-electron chi connectivity index (χ1n) is 5.75. The van der Waals surface area contributed by atoms with Gasteiger partial charge in [0, 0.05) is 17.3 Å². The Morgan fingerprint density at radius 2 is 1.81 bits per heavy atom. The van der Waals surface area contributed by atoms with E-state index in [0.717, 1.165) is 6.07 Å². The maximum Gasteiger partial charge on any atom is 0.238 e. The summed E-state index contributed by atoms with van der Waals surface area (Å²) < 4.78 is 54.9. The van der Waals surface area contributed by atoms with E-state index < -0.39 is 21.7 Å². The van der Waals surface area contributed by atoms with Gasteiger partial charge in [0.15, 0.2) is 11.6 Å². The van der Waals surface area contributed by atoms with E-state index in [1.165, 1.54) is 31.2 Å². The normalized spacial score (nSPS) is 11.4. The van der Waals surface area contributed by atoms with E-state index in [9.17, 15) is 17.2 Å². The third kappa shape index (κ3) is 3.11. The SMILES string of the molecule is Cc1c(Oc2cccc(F)c2F)cc(N)cc1S(N)(=O)=O. The number of nitrogen functional groups attached to an aromatic ring is 1. The first kappa shape index (κ1) is 15.2. The number of anilines is 1. The molecule has 0 bridgehead atoms. The molecule has 0 spiro atoms.